The Balaban J connectivity index is 0.00000133. The molecule has 1 aliphatic rings. The number of fused-ring (bicyclic) bond motifs is 1. The van der Waals surface area contributed by atoms with Gasteiger partial charge in [-0.05, 0) is 37.7 Å². The molecule has 11 heteroatoms. The minimum atomic E-state index is -2.68. The van der Waals surface area contributed by atoms with Crippen LogP contribution >= 0.6 is 0 Å². The molecule has 0 aliphatic heterocycles. The summed E-state index contributed by atoms with van der Waals surface area (Å²) in [5.74, 6) is -3.08. The SMILES string of the molecule is CN.Cc1ccc(-c2noc(C3CC(F)(F)C3)n2)cc1NC(=O)c1cnc2ccc(C=O)cn12. The first-order valence-corrected chi connectivity index (χ1v) is 10.5. The van der Waals surface area contributed by atoms with Crippen LogP contribution in [0, 0.1) is 6.92 Å². The smallest absolute Gasteiger partial charge is 0.274 e. The van der Waals surface area contributed by atoms with E-state index in [0.717, 1.165) is 5.56 Å². The summed E-state index contributed by atoms with van der Waals surface area (Å²) in [5, 5.41) is 6.75. The number of nitrogens with two attached hydrogens (primary N) is 1. The van der Waals surface area contributed by atoms with E-state index in [2.05, 4.69) is 26.2 Å². The third kappa shape index (κ3) is 4.42. The highest BCUT2D eigenvalue weighted by Crippen LogP contribution is 2.47. The molecule has 34 heavy (non-hydrogen) atoms. The monoisotopic (exact) mass is 468 g/mol. The molecule has 5 rings (SSSR count). The number of rotatable bonds is 5. The second kappa shape index (κ2) is 9.10. The van der Waals surface area contributed by atoms with E-state index in [1.807, 2.05) is 6.92 Å². The van der Waals surface area contributed by atoms with E-state index in [0.29, 0.717) is 28.7 Å². The standard InChI is InChI=1S/C22H17F2N5O3.CH5N/c1-12-2-4-14(19-27-21(32-28-19)15-7-22(23,24)8-15)6-16(12)26-20(31)17-9-25-18-5-3-13(11-30)10-29(17)18;1-2/h2-6,9-11,15H,7-8H2,1H3,(H,26,31);2H2,1H3. The Bertz CT molecular complexity index is 1360. The normalized spacial score (nSPS) is 14.7. The average Bonchev–Trinajstić information content (AvgIpc) is 3.47. The molecule has 1 aliphatic carbocycles. The number of benzene rings is 1. The fourth-order valence-electron chi connectivity index (χ4n) is 3.67. The van der Waals surface area contributed by atoms with Crippen LogP contribution < -0.4 is 11.1 Å². The lowest BCUT2D eigenvalue weighted by Crippen LogP contribution is -2.33. The molecule has 3 heterocycles. The number of anilines is 1. The van der Waals surface area contributed by atoms with Gasteiger partial charge in [-0.25, -0.2) is 13.8 Å². The number of hydrogen-bond acceptors (Lipinski definition) is 7. The minimum absolute atomic E-state index is 0.189. The quantitative estimate of drug-likeness (QED) is 0.426. The molecule has 1 aromatic carbocycles. The van der Waals surface area contributed by atoms with Crippen LogP contribution in [0.15, 0.2) is 47.2 Å². The third-order valence-electron chi connectivity index (χ3n) is 5.52. The Morgan fingerprint density at radius 2 is 2.03 bits per heavy atom. The van der Waals surface area contributed by atoms with E-state index < -0.39 is 17.7 Å². The zero-order valence-corrected chi connectivity index (χ0v) is 18.5. The van der Waals surface area contributed by atoms with Gasteiger partial charge in [0.25, 0.3) is 5.91 Å². The van der Waals surface area contributed by atoms with Gasteiger partial charge in [0.05, 0.1) is 6.20 Å². The van der Waals surface area contributed by atoms with Gasteiger partial charge in [0.15, 0.2) is 6.29 Å². The second-order valence-corrected chi connectivity index (χ2v) is 7.85. The lowest BCUT2D eigenvalue weighted by molar-refractivity contribution is -0.0925. The Labute approximate surface area is 193 Å². The van der Waals surface area contributed by atoms with E-state index >= 15 is 0 Å². The lowest BCUT2D eigenvalue weighted by Gasteiger charge is -2.31. The minimum Gasteiger partial charge on any atom is -0.339 e. The van der Waals surface area contributed by atoms with Gasteiger partial charge >= 0.3 is 0 Å². The molecule has 4 aromatic rings. The Morgan fingerprint density at radius 1 is 1.26 bits per heavy atom. The number of nitrogens with zero attached hydrogens (tertiary/aromatic N) is 4. The van der Waals surface area contributed by atoms with Gasteiger partial charge in [0.2, 0.25) is 17.6 Å². The maximum atomic E-state index is 13.1. The van der Waals surface area contributed by atoms with Crippen LogP contribution in [0.5, 0.6) is 0 Å². The van der Waals surface area contributed by atoms with Crippen molar-refractivity contribution in [3.05, 3.63) is 65.4 Å². The molecular weight excluding hydrogens is 446 g/mol. The summed E-state index contributed by atoms with van der Waals surface area (Å²) >= 11 is 0. The predicted molar refractivity (Wildman–Crippen MR) is 120 cm³/mol. The molecule has 9 nitrogen and oxygen atoms in total. The van der Waals surface area contributed by atoms with Crippen molar-refractivity contribution in [3.63, 3.8) is 0 Å². The van der Waals surface area contributed by atoms with Crippen LogP contribution in [0.25, 0.3) is 17.0 Å². The maximum Gasteiger partial charge on any atom is 0.274 e. The van der Waals surface area contributed by atoms with Crippen molar-refractivity contribution < 1.29 is 22.9 Å². The number of hydrogen-bond donors (Lipinski definition) is 2. The molecule has 0 atom stereocenters. The highest BCUT2D eigenvalue weighted by atomic mass is 19.3. The largest absolute Gasteiger partial charge is 0.339 e. The van der Waals surface area contributed by atoms with Crippen molar-refractivity contribution in [2.45, 2.75) is 31.6 Å². The van der Waals surface area contributed by atoms with Crippen molar-refractivity contribution in [1.82, 2.24) is 19.5 Å². The zero-order chi connectivity index (χ0) is 24.5. The summed E-state index contributed by atoms with van der Waals surface area (Å²) in [7, 11) is 1.50. The van der Waals surface area contributed by atoms with E-state index in [-0.39, 0.29) is 30.3 Å². The van der Waals surface area contributed by atoms with Crippen molar-refractivity contribution in [2.24, 2.45) is 5.73 Å². The van der Waals surface area contributed by atoms with Crippen LogP contribution in [0.2, 0.25) is 0 Å². The van der Waals surface area contributed by atoms with Crippen molar-refractivity contribution in [1.29, 1.82) is 0 Å². The summed E-state index contributed by atoms with van der Waals surface area (Å²) in [6, 6.07) is 8.51. The first-order chi connectivity index (χ1) is 16.3. The van der Waals surface area contributed by atoms with E-state index in [9.17, 15) is 18.4 Å². The van der Waals surface area contributed by atoms with E-state index in [1.54, 1.807) is 36.5 Å². The maximum absolute atomic E-state index is 13.1. The number of alkyl halides is 2. The number of halogens is 2. The van der Waals surface area contributed by atoms with Crippen LogP contribution in [0.1, 0.15) is 51.1 Å². The van der Waals surface area contributed by atoms with Crippen LogP contribution in [-0.2, 0) is 0 Å². The van der Waals surface area contributed by atoms with Crippen molar-refractivity contribution in [3.8, 4) is 11.4 Å². The Morgan fingerprint density at radius 3 is 2.74 bits per heavy atom. The molecular formula is C23H22F2N6O3. The van der Waals surface area contributed by atoms with Gasteiger partial charge in [-0.15, -0.1) is 0 Å². The van der Waals surface area contributed by atoms with Crippen LogP contribution in [0.4, 0.5) is 14.5 Å². The van der Waals surface area contributed by atoms with Crippen molar-refractivity contribution in [2.75, 3.05) is 12.4 Å². The molecule has 3 aromatic heterocycles. The first kappa shape index (κ1) is 23.2. The molecule has 1 amide bonds. The Kier molecular flexibility index (Phi) is 6.20. The molecule has 0 unspecified atom stereocenters. The van der Waals surface area contributed by atoms with Gasteiger partial charge in [-0.1, -0.05) is 17.3 Å². The third-order valence-corrected chi connectivity index (χ3v) is 5.52. The second-order valence-electron chi connectivity index (χ2n) is 7.85. The molecule has 0 radical (unpaired) electrons. The fraction of sp³-hybridized carbons (Fsp3) is 0.261. The number of pyridine rings is 1. The molecule has 3 N–H and O–H groups in total. The molecule has 176 valence electrons. The summed E-state index contributed by atoms with van der Waals surface area (Å²) in [6.07, 6.45) is 3.07. The number of nitrogens with one attached hydrogen (secondary N) is 1. The summed E-state index contributed by atoms with van der Waals surface area (Å²) in [5.41, 5.74) is 7.61. The summed E-state index contributed by atoms with van der Waals surface area (Å²) in [6.45, 7) is 1.83. The first-order valence-electron chi connectivity index (χ1n) is 10.5. The summed E-state index contributed by atoms with van der Waals surface area (Å²) < 4.78 is 33.0. The number of imidazole rings is 1. The van der Waals surface area contributed by atoms with Gasteiger partial charge in [0.1, 0.15) is 11.3 Å². The topological polar surface area (TPSA) is 128 Å². The highest BCUT2D eigenvalue weighted by Gasteiger charge is 2.48. The molecule has 0 saturated heterocycles. The van der Waals surface area contributed by atoms with Crippen LogP contribution in [0.3, 0.4) is 0 Å². The Hall–Kier alpha value is -3.99. The lowest BCUT2D eigenvalue weighted by atomic mass is 9.81. The number of amides is 1. The van der Waals surface area contributed by atoms with Crippen LogP contribution in [-0.4, -0.2) is 44.7 Å². The van der Waals surface area contributed by atoms with Gasteiger partial charge in [-0.2, -0.15) is 4.98 Å². The van der Waals surface area contributed by atoms with Gasteiger partial charge < -0.3 is 15.6 Å². The van der Waals surface area contributed by atoms with Gasteiger partial charge in [0, 0.05) is 41.8 Å². The molecule has 0 bridgehead atoms. The number of carbonyl (C=O) groups excluding carboxylic acids is 2. The van der Waals surface area contributed by atoms with E-state index in [4.69, 9.17) is 4.52 Å². The highest BCUT2D eigenvalue weighted by molar-refractivity contribution is 6.04. The number of aldehydes is 1. The van der Waals surface area contributed by atoms with Crippen molar-refractivity contribution >= 4 is 23.5 Å². The predicted octanol–water partition coefficient (Wildman–Crippen LogP) is 3.85. The number of aromatic nitrogens is 4. The molecule has 0 spiro atoms. The number of carbonyl (C=O) groups is 2. The molecule has 1 fully saturated rings. The number of aryl methyl sites for hydroxylation is 1. The molecule has 1 saturated carbocycles. The van der Waals surface area contributed by atoms with Gasteiger partial charge in [-0.3, -0.25) is 14.0 Å². The zero-order valence-electron chi connectivity index (χ0n) is 18.5. The van der Waals surface area contributed by atoms with E-state index in [1.165, 1.54) is 17.6 Å². The average molecular weight is 468 g/mol. The summed E-state index contributed by atoms with van der Waals surface area (Å²) in [4.78, 5) is 32.4. The fourth-order valence-corrected chi connectivity index (χ4v) is 3.67.